The smallest absolute Gasteiger partial charge is 0.178 e. The van der Waals surface area contributed by atoms with Crippen molar-refractivity contribution in [3.05, 3.63) is 27.4 Å². The first-order chi connectivity index (χ1) is 9.25. The Morgan fingerprint density at radius 1 is 1.11 bits per heavy atom. The summed E-state index contributed by atoms with van der Waals surface area (Å²) in [5.74, 6) is 0. The second-order valence-electron chi connectivity index (χ2n) is 5.46. The Labute approximate surface area is 127 Å². The summed E-state index contributed by atoms with van der Waals surface area (Å²) < 4.78 is 4.32. The molecule has 2 nitrogen and oxygen atoms in total. The van der Waals surface area contributed by atoms with E-state index in [0.29, 0.717) is 6.04 Å². The minimum Gasteiger partial charge on any atom is -0.331 e. The number of nitrogens with zero attached hydrogens (tertiary/aromatic N) is 1. The van der Waals surface area contributed by atoms with Crippen LogP contribution in [0.2, 0.25) is 0 Å². The Morgan fingerprint density at radius 3 is 2.53 bits per heavy atom. The summed E-state index contributed by atoms with van der Waals surface area (Å²) in [6.07, 6.45) is 9.33. The van der Waals surface area contributed by atoms with Crippen molar-refractivity contribution in [2.75, 3.05) is 0 Å². The molecule has 19 heavy (non-hydrogen) atoms. The van der Waals surface area contributed by atoms with Gasteiger partial charge in [-0.05, 0) is 43.3 Å². The number of hydrogen-bond donors (Lipinski definition) is 1. The molecule has 102 valence electrons. The van der Waals surface area contributed by atoms with E-state index in [-0.39, 0.29) is 0 Å². The molecule has 0 radical (unpaired) electrons. The lowest BCUT2D eigenvalue weighted by molar-refractivity contribution is 0.376. The molecular weight excluding hydrogens is 320 g/mol. The van der Waals surface area contributed by atoms with Gasteiger partial charge in [-0.1, -0.05) is 48.0 Å². The summed E-state index contributed by atoms with van der Waals surface area (Å²) in [5.41, 5.74) is 2.39. The molecule has 0 amide bonds. The number of H-pyrrole nitrogens is 1. The van der Waals surface area contributed by atoms with Crippen LogP contribution in [0.15, 0.2) is 22.7 Å². The highest BCUT2D eigenvalue weighted by atomic mass is 79.9. The first kappa shape index (κ1) is 13.4. The van der Waals surface area contributed by atoms with E-state index in [1.807, 2.05) is 0 Å². The van der Waals surface area contributed by atoms with Crippen molar-refractivity contribution in [1.82, 2.24) is 9.55 Å². The van der Waals surface area contributed by atoms with Crippen LogP contribution < -0.4 is 0 Å². The van der Waals surface area contributed by atoms with Crippen LogP contribution in [-0.2, 0) is 0 Å². The van der Waals surface area contributed by atoms with Gasteiger partial charge in [-0.2, -0.15) is 0 Å². The SMILES string of the molecule is S=c1[nH]c2cc(Br)ccc2n1C1CCCCCCC1. The molecule has 4 heteroatoms. The minimum atomic E-state index is 0.572. The van der Waals surface area contributed by atoms with Gasteiger partial charge in [-0.25, -0.2) is 0 Å². The van der Waals surface area contributed by atoms with Crippen molar-refractivity contribution < 1.29 is 0 Å². The Morgan fingerprint density at radius 2 is 1.79 bits per heavy atom. The fraction of sp³-hybridized carbons (Fsp3) is 0.533. The summed E-state index contributed by atoms with van der Waals surface area (Å²) in [5, 5.41) is 0. The van der Waals surface area contributed by atoms with Crippen LogP contribution >= 0.6 is 28.1 Å². The van der Waals surface area contributed by atoms with Crippen molar-refractivity contribution in [2.45, 2.75) is 51.0 Å². The maximum absolute atomic E-state index is 5.55. The fourth-order valence-electron chi connectivity index (χ4n) is 3.16. The second kappa shape index (κ2) is 5.80. The van der Waals surface area contributed by atoms with Gasteiger partial charge in [-0.15, -0.1) is 0 Å². The number of aromatic amines is 1. The molecule has 1 aliphatic carbocycles. The summed E-state index contributed by atoms with van der Waals surface area (Å²) in [7, 11) is 0. The van der Waals surface area contributed by atoms with Crippen LogP contribution in [-0.4, -0.2) is 9.55 Å². The predicted octanol–water partition coefficient (Wildman–Crippen LogP) is 5.75. The van der Waals surface area contributed by atoms with Crippen LogP contribution in [0.25, 0.3) is 11.0 Å². The Kier molecular flexibility index (Phi) is 4.08. The van der Waals surface area contributed by atoms with Gasteiger partial charge in [0.1, 0.15) is 0 Å². The predicted molar refractivity (Wildman–Crippen MR) is 86.2 cm³/mol. The van der Waals surface area contributed by atoms with E-state index < -0.39 is 0 Å². The summed E-state index contributed by atoms with van der Waals surface area (Å²) >= 11 is 9.07. The molecule has 1 aromatic heterocycles. The first-order valence-electron chi connectivity index (χ1n) is 7.15. The number of rotatable bonds is 1. The van der Waals surface area contributed by atoms with Gasteiger partial charge < -0.3 is 9.55 Å². The third kappa shape index (κ3) is 2.79. The molecule has 1 saturated carbocycles. The van der Waals surface area contributed by atoms with E-state index in [2.05, 4.69) is 43.7 Å². The lowest BCUT2D eigenvalue weighted by atomic mass is 9.96. The number of nitrogens with one attached hydrogen (secondary N) is 1. The molecule has 0 atom stereocenters. The normalized spacial score (nSPS) is 18.4. The van der Waals surface area contributed by atoms with Gasteiger partial charge in [0.25, 0.3) is 0 Å². The standard InChI is InChI=1S/C15H19BrN2S/c16-11-8-9-14-13(10-11)17-15(19)18(14)12-6-4-2-1-3-5-7-12/h8-10,12H,1-7H2,(H,17,19). The molecule has 0 bridgehead atoms. The topological polar surface area (TPSA) is 20.7 Å². The van der Waals surface area contributed by atoms with Crippen molar-refractivity contribution in [1.29, 1.82) is 0 Å². The van der Waals surface area contributed by atoms with E-state index in [1.165, 1.54) is 50.5 Å². The van der Waals surface area contributed by atoms with Gasteiger partial charge in [0.2, 0.25) is 0 Å². The van der Waals surface area contributed by atoms with Gasteiger partial charge in [-0.3, -0.25) is 0 Å². The fourth-order valence-corrected chi connectivity index (χ4v) is 3.88. The molecule has 0 unspecified atom stereocenters. The lowest BCUT2D eigenvalue weighted by Gasteiger charge is -2.22. The Bertz CT molecular complexity index is 621. The van der Waals surface area contributed by atoms with Crippen LogP contribution in [0.4, 0.5) is 0 Å². The average Bonchev–Trinajstić information content (AvgIpc) is 2.64. The zero-order chi connectivity index (χ0) is 13.2. The van der Waals surface area contributed by atoms with E-state index in [1.54, 1.807) is 0 Å². The molecule has 0 saturated heterocycles. The van der Waals surface area contributed by atoms with E-state index in [4.69, 9.17) is 12.2 Å². The third-order valence-corrected chi connectivity index (χ3v) is 4.91. The van der Waals surface area contributed by atoms with Gasteiger partial charge in [0.05, 0.1) is 11.0 Å². The summed E-state index contributed by atoms with van der Waals surface area (Å²) in [6.45, 7) is 0. The number of halogens is 1. The van der Waals surface area contributed by atoms with Crippen LogP contribution in [0.1, 0.15) is 51.0 Å². The number of imidazole rings is 1. The molecule has 1 N–H and O–H groups in total. The highest BCUT2D eigenvalue weighted by Gasteiger charge is 2.16. The molecule has 1 aromatic carbocycles. The van der Waals surface area contributed by atoms with E-state index in [9.17, 15) is 0 Å². The number of fused-ring (bicyclic) bond motifs is 1. The molecular formula is C15H19BrN2S. The molecule has 0 spiro atoms. The van der Waals surface area contributed by atoms with Crippen molar-refractivity contribution in [3.63, 3.8) is 0 Å². The first-order valence-corrected chi connectivity index (χ1v) is 8.35. The highest BCUT2D eigenvalue weighted by molar-refractivity contribution is 9.10. The molecule has 0 aliphatic heterocycles. The molecule has 1 fully saturated rings. The largest absolute Gasteiger partial charge is 0.331 e. The number of benzene rings is 1. The van der Waals surface area contributed by atoms with Crippen molar-refractivity contribution in [3.8, 4) is 0 Å². The highest BCUT2D eigenvalue weighted by Crippen LogP contribution is 2.30. The summed E-state index contributed by atoms with van der Waals surface area (Å²) in [4.78, 5) is 3.35. The van der Waals surface area contributed by atoms with Crippen molar-refractivity contribution in [2.24, 2.45) is 0 Å². The molecule has 3 rings (SSSR count). The van der Waals surface area contributed by atoms with Crippen LogP contribution in [0.5, 0.6) is 0 Å². The van der Waals surface area contributed by atoms with Crippen LogP contribution in [0.3, 0.4) is 0 Å². The maximum atomic E-state index is 5.55. The van der Waals surface area contributed by atoms with Gasteiger partial charge in [0, 0.05) is 10.5 Å². The van der Waals surface area contributed by atoms with Crippen molar-refractivity contribution >= 4 is 39.2 Å². The summed E-state index contributed by atoms with van der Waals surface area (Å²) in [6, 6.07) is 6.96. The average molecular weight is 339 g/mol. The monoisotopic (exact) mass is 338 g/mol. The quantitative estimate of drug-likeness (QED) is 0.656. The Hall–Kier alpha value is -0.610. The van der Waals surface area contributed by atoms with E-state index >= 15 is 0 Å². The lowest BCUT2D eigenvalue weighted by Crippen LogP contribution is -2.11. The van der Waals surface area contributed by atoms with Crippen LogP contribution in [0, 0.1) is 4.77 Å². The number of hydrogen-bond acceptors (Lipinski definition) is 1. The van der Waals surface area contributed by atoms with E-state index in [0.717, 1.165) is 14.8 Å². The maximum Gasteiger partial charge on any atom is 0.178 e. The molecule has 1 heterocycles. The number of aromatic nitrogens is 2. The van der Waals surface area contributed by atoms with Gasteiger partial charge >= 0.3 is 0 Å². The van der Waals surface area contributed by atoms with Gasteiger partial charge in [0.15, 0.2) is 4.77 Å². The zero-order valence-corrected chi connectivity index (χ0v) is 13.4. The third-order valence-electron chi connectivity index (χ3n) is 4.12. The second-order valence-corrected chi connectivity index (χ2v) is 6.76. The Balaban J connectivity index is 2.02. The molecule has 2 aromatic rings. The minimum absolute atomic E-state index is 0.572. The zero-order valence-electron chi connectivity index (χ0n) is 11.0. The molecule has 1 aliphatic rings.